The van der Waals surface area contributed by atoms with Crippen LogP contribution in [0.25, 0.3) is 0 Å². The summed E-state index contributed by atoms with van der Waals surface area (Å²) in [6.07, 6.45) is 1.45. The molecule has 2 aromatic rings. The van der Waals surface area contributed by atoms with E-state index < -0.39 is 0 Å². The third-order valence-electron chi connectivity index (χ3n) is 2.61. The zero-order valence-corrected chi connectivity index (χ0v) is 12.3. The van der Waals surface area contributed by atoms with E-state index in [4.69, 9.17) is 0 Å². The first-order valence-electron chi connectivity index (χ1n) is 5.89. The van der Waals surface area contributed by atoms with Crippen molar-refractivity contribution in [3.05, 3.63) is 40.4 Å². The smallest absolute Gasteiger partial charge is 0.146 e. The lowest BCUT2D eigenvalue weighted by Gasteiger charge is -2.12. The van der Waals surface area contributed by atoms with Gasteiger partial charge in [-0.25, -0.2) is 14.4 Å². The summed E-state index contributed by atoms with van der Waals surface area (Å²) in [6.45, 7) is 4.64. The van der Waals surface area contributed by atoms with Gasteiger partial charge < -0.3 is 10.6 Å². The van der Waals surface area contributed by atoms with E-state index in [-0.39, 0.29) is 5.82 Å². The normalized spacial score (nSPS) is 10.3. The molecule has 0 aliphatic heterocycles. The van der Waals surface area contributed by atoms with Gasteiger partial charge in [0.25, 0.3) is 0 Å². The monoisotopic (exact) mass is 324 g/mol. The fourth-order valence-electron chi connectivity index (χ4n) is 1.64. The summed E-state index contributed by atoms with van der Waals surface area (Å²) in [5.74, 6) is 1.00. The van der Waals surface area contributed by atoms with Gasteiger partial charge >= 0.3 is 0 Å². The van der Waals surface area contributed by atoms with Crippen LogP contribution in [-0.4, -0.2) is 16.5 Å². The van der Waals surface area contributed by atoms with E-state index in [1.165, 1.54) is 12.4 Å². The number of halogens is 2. The van der Waals surface area contributed by atoms with Gasteiger partial charge in [0.1, 0.15) is 23.8 Å². The Balaban J connectivity index is 2.33. The predicted octanol–water partition coefficient (Wildman–Crippen LogP) is 3.86. The minimum atomic E-state index is -0.328. The van der Waals surface area contributed by atoms with E-state index in [0.717, 1.165) is 22.4 Å². The molecule has 0 fully saturated rings. The molecule has 19 heavy (non-hydrogen) atoms. The number of rotatable bonds is 4. The molecule has 0 saturated heterocycles. The Bertz CT molecular complexity index is 589. The number of aromatic nitrogens is 2. The summed E-state index contributed by atoms with van der Waals surface area (Å²) < 4.78 is 14.5. The number of benzene rings is 1. The fourth-order valence-corrected chi connectivity index (χ4v) is 2.00. The second-order valence-corrected chi connectivity index (χ2v) is 4.89. The van der Waals surface area contributed by atoms with Crippen molar-refractivity contribution >= 4 is 33.3 Å². The average Bonchev–Trinajstić information content (AvgIpc) is 2.39. The zero-order chi connectivity index (χ0) is 13.8. The molecule has 1 aromatic carbocycles. The van der Waals surface area contributed by atoms with E-state index in [1.54, 1.807) is 12.1 Å². The molecular weight excluding hydrogens is 311 g/mol. The van der Waals surface area contributed by atoms with Gasteiger partial charge in [-0.2, -0.15) is 0 Å². The van der Waals surface area contributed by atoms with Crippen molar-refractivity contribution in [1.29, 1.82) is 0 Å². The molecule has 1 aromatic heterocycles. The highest BCUT2D eigenvalue weighted by Crippen LogP contribution is 2.26. The quantitative estimate of drug-likeness (QED) is 0.896. The van der Waals surface area contributed by atoms with E-state index in [0.29, 0.717) is 11.5 Å². The Labute approximate surface area is 119 Å². The molecule has 0 atom stereocenters. The highest BCUT2D eigenvalue weighted by Gasteiger charge is 2.09. The van der Waals surface area contributed by atoms with Crippen molar-refractivity contribution in [3.8, 4) is 0 Å². The Morgan fingerprint density at radius 1 is 1.26 bits per heavy atom. The Kier molecular flexibility index (Phi) is 4.31. The van der Waals surface area contributed by atoms with Crippen LogP contribution >= 0.6 is 15.9 Å². The van der Waals surface area contributed by atoms with Crippen molar-refractivity contribution in [2.75, 3.05) is 17.2 Å². The zero-order valence-electron chi connectivity index (χ0n) is 10.7. The summed E-state index contributed by atoms with van der Waals surface area (Å²) in [5, 5.41) is 6.12. The highest BCUT2D eigenvalue weighted by atomic mass is 79.9. The summed E-state index contributed by atoms with van der Waals surface area (Å²) in [4.78, 5) is 8.29. The molecule has 0 saturated carbocycles. The van der Waals surface area contributed by atoms with Crippen LogP contribution in [0.1, 0.15) is 12.5 Å². The molecule has 0 spiro atoms. The molecule has 0 amide bonds. The van der Waals surface area contributed by atoms with Crippen molar-refractivity contribution in [2.24, 2.45) is 0 Å². The van der Waals surface area contributed by atoms with Crippen LogP contribution in [0.2, 0.25) is 0 Å². The molecule has 0 unspecified atom stereocenters. The van der Waals surface area contributed by atoms with Gasteiger partial charge in [0.15, 0.2) is 0 Å². The van der Waals surface area contributed by atoms with Crippen LogP contribution < -0.4 is 10.6 Å². The van der Waals surface area contributed by atoms with Crippen LogP contribution in [0.5, 0.6) is 0 Å². The van der Waals surface area contributed by atoms with Crippen molar-refractivity contribution in [1.82, 2.24) is 9.97 Å². The number of nitrogens with zero attached hydrogens (tertiary/aromatic N) is 2. The molecule has 2 N–H and O–H groups in total. The molecule has 6 heteroatoms. The third-order valence-corrected chi connectivity index (χ3v) is 3.10. The van der Waals surface area contributed by atoms with E-state index >= 15 is 0 Å². The van der Waals surface area contributed by atoms with Crippen LogP contribution in [0, 0.1) is 12.7 Å². The van der Waals surface area contributed by atoms with Crippen LogP contribution in [0.15, 0.2) is 29.0 Å². The topological polar surface area (TPSA) is 49.8 Å². The molecule has 0 aliphatic carbocycles. The van der Waals surface area contributed by atoms with Gasteiger partial charge in [-0.15, -0.1) is 0 Å². The maximum atomic E-state index is 13.7. The number of anilines is 3. The van der Waals surface area contributed by atoms with Gasteiger partial charge in [0.2, 0.25) is 0 Å². The molecular formula is C13H14BrFN4. The van der Waals surface area contributed by atoms with Crippen molar-refractivity contribution in [3.63, 3.8) is 0 Å². The minimum absolute atomic E-state index is 0.328. The SMILES string of the molecule is CCNc1ncnc(Nc2cc(Br)ccc2F)c1C. The van der Waals surface area contributed by atoms with Crippen molar-refractivity contribution < 1.29 is 4.39 Å². The maximum absolute atomic E-state index is 13.7. The first-order chi connectivity index (χ1) is 9.11. The summed E-state index contributed by atoms with van der Waals surface area (Å²) >= 11 is 3.32. The van der Waals surface area contributed by atoms with Crippen LogP contribution in [0.4, 0.5) is 21.7 Å². The Morgan fingerprint density at radius 2 is 2.00 bits per heavy atom. The lowest BCUT2D eigenvalue weighted by Crippen LogP contribution is -2.06. The number of nitrogens with one attached hydrogen (secondary N) is 2. The standard InChI is InChI=1S/C13H14BrFN4/c1-3-16-12-8(2)13(18-7-17-12)19-11-6-9(14)4-5-10(11)15/h4-7H,3H2,1-2H3,(H2,16,17,18,19). The predicted molar refractivity (Wildman–Crippen MR) is 78.3 cm³/mol. The van der Waals surface area contributed by atoms with E-state index in [1.807, 2.05) is 13.8 Å². The van der Waals surface area contributed by atoms with Crippen molar-refractivity contribution in [2.45, 2.75) is 13.8 Å². The molecule has 0 radical (unpaired) electrons. The lowest BCUT2D eigenvalue weighted by molar-refractivity contribution is 0.631. The third kappa shape index (κ3) is 3.20. The first-order valence-corrected chi connectivity index (χ1v) is 6.68. The second-order valence-electron chi connectivity index (χ2n) is 3.98. The van der Waals surface area contributed by atoms with E-state index in [2.05, 4.69) is 36.5 Å². The fraction of sp³-hybridized carbons (Fsp3) is 0.231. The van der Waals surface area contributed by atoms with Crippen LogP contribution in [-0.2, 0) is 0 Å². The summed E-state index contributed by atoms with van der Waals surface area (Å²) in [5.41, 5.74) is 1.22. The molecule has 2 rings (SSSR count). The molecule has 0 aliphatic rings. The highest BCUT2D eigenvalue weighted by molar-refractivity contribution is 9.10. The summed E-state index contributed by atoms with van der Waals surface area (Å²) in [6, 6.07) is 4.72. The first kappa shape index (κ1) is 13.7. The Morgan fingerprint density at radius 3 is 2.74 bits per heavy atom. The van der Waals surface area contributed by atoms with Gasteiger partial charge in [0.05, 0.1) is 5.69 Å². The van der Waals surface area contributed by atoms with Gasteiger partial charge in [-0.05, 0) is 32.0 Å². The van der Waals surface area contributed by atoms with Crippen LogP contribution in [0.3, 0.4) is 0 Å². The van der Waals surface area contributed by atoms with Gasteiger partial charge in [0, 0.05) is 16.6 Å². The van der Waals surface area contributed by atoms with E-state index in [9.17, 15) is 4.39 Å². The summed E-state index contributed by atoms with van der Waals surface area (Å²) in [7, 11) is 0. The molecule has 4 nitrogen and oxygen atoms in total. The minimum Gasteiger partial charge on any atom is -0.370 e. The second kappa shape index (κ2) is 5.97. The maximum Gasteiger partial charge on any atom is 0.146 e. The average molecular weight is 325 g/mol. The van der Waals surface area contributed by atoms with Gasteiger partial charge in [-0.1, -0.05) is 15.9 Å². The molecule has 0 bridgehead atoms. The number of hydrogen-bond donors (Lipinski definition) is 2. The number of hydrogen-bond acceptors (Lipinski definition) is 4. The lowest BCUT2D eigenvalue weighted by atomic mass is 10.2. The largest absolute Gasteiger partial charge is 0.370 e. The molecule has 100 valence electrons. The Hall–Kier alpha value is -1.69. The van der Waals surface area contributed by atoms with Gasteiger partial charge in [-0.3, -0.25) is 0 Å². The molecule has 1 heterocycles.